The van der Waals surface area contributed by atoms with Crippen LogP contribution >= 0.6 is 0 Å². The topological polar surface area (TPSA) is 17.1 Å². The molecule has 0 heterocycles. The first-order valence-corrected chi connectivity index (χ1v) is 4.06. The second-order valence-electron chi connectivity index (χ2n) is 2.88. The monoisotopic (exact) mass is 202 g/mol. The minimum Gasteiger partial charge on any atom is -0.294 e. The van der Waals surface area contributed by atoms with E-state index in [4.69, 9.17) is 0 Å². The number of alkyl halides is 3. The summed E-state index contributed by atoms with van der Waals surface area (Å²) in [7, 11) is 0. The number of hydrogen-bond acceptors (Lipinski definition) is 1. The molecule has 0 saturated carbocycles. The van der Waals surface area contributed by atoms with Gasteiger partial charge in [0.05, 0.1) is 0 Å². The Morgan fingerprint density at radius 3 is 2.29 bits per heavy atom. The van der Waals surface area contributed by atoms with Crippen LogP contribution in [0, 0.1) is 0 Å². The molecule has 1 aromatic rings. The zero-order chi connectivity index (χ0) is 10.7. The molecule has 0 aliphatic rings. The average Bonchev–Trinajstić information content (AvgIpc) is 2.16. The third kappa shape index (κ3) is 2.13. The van der Waals surface area contributed by atoms with Crippen LogP contribution in [0.2, 0.25) is 0 Å². The van der Waals surface area contributed by atoms with Gasteiger partial charge in [0.15, 0.2) is 12.0 Å². The molecule has 0 saturated heterocycles. The summed E-state index contributed by atoms with van der Waals surface area (Å²) in [6.45, 7) is 1.22. The van der Waals surface area contributed by atoms with Crippen molar-refractivity contribution in [3.63, 3.8) is 0 Å². The van der Waals surface area contributed by atoms with E-state index in [1.807, 2.05) is 0 Å². The molecule has 1 nitrogen and oxygen atoms in total. The molecular weight excluding hydrogens is 193 g/mol. The number of rotatable bonds is 3. The molecule has 4 heteroatoms. The van der Waals surface area contributed by atoms with Crippen molar-refractivity contribution < 1.29 is 18.0 Å². The number of halogens is 3. The van der Waals surface area contributed by atoms with Gasteiger partial charge in [0, 0.05) is 11.1 Å². The predicted octanol–water partition coefficient (Wildman–Crippen LogP) is 3.16. The number of carbonyl (C=O) groups is 1. The number of Topliss-reactive ketones (excluding diaryl/α,β-unsaturated/α-hetero) is 1. The van der Waals surface area contributed by atoms with Crippen molar-refractivity contribution in [2.24, 2.45) is 0 Å². The molecule has 0 aromatic heterocycles. The summed E-state index contributed by atoms with van der Waals surface area (Å²) in [4.78, 5) is 11.0. The van der Waals surface area contributed by atoms with E-state index in [1.165, 1.54) is 31.2 Å². The molecule has 1 unspecified atom stereocenters. The molecule has 0 N–H and O–H groups in total. The van der Waals surface area contributed by atoms with Crippen LogP contribution in [0.5, 0.6) is 0 Å². The minimum absolute atomic E-state index is 0.0142. The summed E-state index contributed by atoms with van der Waals surface area (Å²) in [6.07, 6.45) is -5.49. The number of benzene rings is 1. The second-order valence-corrected chi connectivity index (χ2v) is 2.88. The van der Waals surface area contributed by atoms with E-state index in [0.29, 0.717) is 0 Å². The summed E-state index contributed by atoms with van der Waals surface area (Å²) < 4.78 is 37.1. The van der Waals surface area contributed by atoms with Crippen molar-refractivity contribution in [2.45, 2.75) is 19.5 Å². The van der Waals surface area contributed by atoms with Crippen molar-refractivity contribution in [3.8, 4) is 0 Å². The number of hydrogen-bond donors (Lipinski definition) is 0. The normalized spacial score (nSPS) is 12.9. The van der Waals surface area contributed by atoms with Gasteiger partial charge in [-0.3, -0.25) is 4.79 Å². The Kier molecular flexibility index (Phi) is 3.28. The highest BCUT2D eigenvalue weighted by molar-refractivity contribution is 5.95. The van der Waals surface area contributed by atoms with Crippen LogP contribution in [0.25, 0.3) is 0 Å². The van der Waals surface area contributed by atoms with E-state index in [2.05, 4.69) is 0 Å². The van der Waals surface area contributed by atoms with E-state index >= 15 is 0 Å². The van der Waals surface area contributed by atoms with Crippen molar-refractivity contribution in [2.75, 3.05) is 0 Å². The summed E-state index contributed by atoms with van der Waals surface area (Å²) in [5.41, 5.74) is -0.227. The van der Waals surface area contributed by atoms with Gasteiger partial charge >= 0.3 is 0 Å². The Balaban J connectivity index is 3.13. The highest BCUT2D eigenvalue weighted by atomic mass is 19.3. The molecule has 0 bridgehead atoms. The lowest BCUT2D eigenvalue weighted by Crippen LogP contribution is -2.08. The molecule has 1 rings (SSSR count). The van der Waals surface area contributed by atoms with Crippen LogP contribution in [0.1, 0.15) is 29.0 Å². The van der Waals surface area contributed by atoms with Gasteiger partial charge in [0.1, 0.15) is 0 Å². The van der Waals surface area contributed by atoms with Gasteiger partial charge in [-0.25, -0.2) is 13.2 Å². The van der Waals surface area contributed by atoms with Gasteiger partial charge in [-0.2, -0.15) is 0 Å². The van der Waals surface area contributed by atoms with Crippen LogP contribution in [0.15, 0.2) is 24.3 Å². The Bertz CT molecular complexity index is 336. The van der Waals surface area contributed by atoms with Crippen LogP contribution in [0.4, 0.5) is 13.2 Å². The van der Waals surface area contributed by atoms with Crippen LogP contribution in [-0.2, 0) is 0 Å². The zero-order valence-electron chi connectivity index (χ0n) is 7.51. The molecule has 0 spiro atoms. The molecule has 0 fully saturated rings. The molecule has 0 aliphatic carbocycles. The SMILES string of the molecule is CC(=O)c1ccccc1C(F)C(F)F. The maximum absolute atomic E-state index is 13.0. The first kappa shape index (κ1) is 10.8. The fraction of sp³-hybridized carbons (Fsp3) is 0.300. The molecule has 0 radical (unpaired) electrons. The smallest absolute Gasteiger partial charge is 0.273 e. The van der Waals surface area contributed by atoms with Gasteiger partial charge in [0.2, 0.25) is 0 Å². The third-order valence-electron chi connectivity index (χ3n) is 1.86. The van der Waals surface area contributed by atoms with Crippen molar-refractivity contribution in [3.05, 3.63) is 35.4 Å². The predicted molar refractivity (Wildman–Crippen MR) is 46.3 cm³/mol. The molecule has 0 amide bonds. The maximum atomic E-state index is 13.0. The van der Waals surface area contributed by atoms with E-state index < -0.39 is 18.4 Å². The quantitative estimate of drug-likeness (QED) is 0.688. The molecular formula is C10H9F3O. The number of carbonyl (C=O) groups excluding carboxylic acids is 1. The highest BCUT2D eigenvalue weighted by Gasteiger charge is 2.24. The lowest BCUT2D eigenvalue weighted by Gasteiger charge is -2.10. The Hall–Kier alpha value is -1.32. The van der Waals surface area contributed by atoms with E-state index in [1.54, 1.807) is 0 Å². The minimum atomic E-state index is -3.10. The first-order valence-electron chi connectivity index (χ1n) is 4.06. The zero-order valence-corrected chi connectivity index (χ0v) is 7.51. The van der Waals surface area contributed by atoms with E-state index in [0.717, 1.165) is 0 Å². The van der Waals surface area contributed by atoms with E-state index in [9.17, 15) is 18.0 Å². The van der Waals surface area contributed by atoms with Crippen LogP contribution < -0.4 is 0 Å². The van der Waals surface area contributed by atoms with Crippen molar-refractivity contribution in [1.82, 2.24) is 0 Å². The molecule has 76 valence electrons. The average molecular weight is 202 g/mol. The standard InChI is InChI=1S/C10H9F3O/c1-6(14)7-4-2-3-5-8(7)9(11)10(12)13/h2-5,9-10H,1H3. The third-order valence-corrected chi connectivity index (χ3v) is 1.86. The number of ketones is 1. The van der Waals surface area contributed by atoms with Gasteiger partial charge < -0.3 is 0 Å². The van der Waals surface area contributed by atoms with Crippen LogP contribution in [0.3, 0.4) is 0 Å². The van der Waals surface area contributed by atoms with Crippen molar-refractivity contribution in [1.29, 1.82) is 0 Å². The Morgan fingerprint density at radius 2 is 1.79 bits per heavy atom. The summed E-state index contributed by atoms with van der Waals surface area (Å²) in [6, 6.07) is 5.48. The fourth-order valence-corrected chi connectivity index (χ4v) is 1.19. The molecule has 0 aliphatic heterocycles. The molecule has 1 atom stereocenters. The van der Waals surface area contributed by atoms with Gasteiger partial charge in [-0.15, -0.1) is 0 Å². The lowest BCUT2D eigenvalue weighted by atomic mass is 10.0. The van der Waals surface area contributed by atoms with Gasteiger partial charge in [-0.05, 0) is 6.92 Å². The lowest BCUT2D eigenvalue weighted by molar-refractivity contribution is 0.0490. The van der Waals surface area contributed by atoms with Crippen molar-refractivity contribution >= 4 is 5.78 Å². The summed E-state index contributed by atoms with van der Waals surface area (Å²) in [5, 5.41) is 0. The first-order chi connectivity index (χ1) is 6.54. The summed E-state index contributed by atoms with van der Waals surface area (Å²) >= 11 is 0. The van der Waals surface area contributed by atoms with Gasteiger partial charge in [-0.1, -0.05) is 24.3 Å². The summed E-state index contributed by atoms with van der Waals surface area (Å²) in [5.74, 6) is -0.413. The second kappa shape index (κ2) is 4.26. The fourth-order valence-electron chi connectivity index (χ4n) is 1.19. The molecule has 14 heavy (non-hydrogen) atoms. The highest BCUT2D eigenvalue weighted by Crippen LogP contribution is 2.27. The molecule has 1 aromatic carbocycles. The largest absolute Gasteiger partial charge is 0.294 e. The van der Waals surface area contributed by atoms with Crippen LogP contribution in [-0.4, -0.2) is 12.2 Å². The maximum Gasteiger partial charge on any atom is 0.273 e. The Labute approximate surface area is 79.5 Å². The Morgan fingerprint density at radius 1 is 1.21 bits per heavy atom. The van der Waals surface area contributed by atoms with Gasteiger partial charge in [0.25, 0.3) is 6.43 Å². The van der Waals surface area contributed by atoms with E-state index in [-0.39, 0.29) is 11.1 Å².